The molecular formula is C47H32N2O2. The molecule has 51 heavy (non-hydrogen) atoms. The second-order valence-corrected chi connectivity index (χ2v) is 12.8. The zero-order valence-corrected chi connectivity index (χ0v) is 27.9. The van der Waals surface area contributed by atoms with Crippen molar-refractivity contribution in [1.29, 1.82) is 0 Å². The van der Waals surface area contributed by atoms with Crippen molar-refractivity contribution in [2.45, 2.75) is 6.92 Å². The van der Waals surface area contributed by atoms with Gasteiger partial charge in [0.1, 0.15) is 16.9 Å². The van der Waals surface area contributed by atoms with Gasteiger partial charge in [-0.3, -0.25) is 4.98 Å². The molecule has 0 unspecified atom stereocenters. The fourth-order valence-electron chi connectivity index (χ4n) is 6.96. The lowest BCUT2D eigenvalue weighted by Crippen LogP contribution is -1.93. The van der Waals surface area contributed by atoms with Crippen LogP contribution in [0.1, 0.15) is 5.69 Å². The van der Waals surface area contributed by atoms with Crippen LogP contribution in [0.4, 0.5) is 0 Å². The number of benzene rings is 6. The molecule has 3 heterocycles. The van der Waals surface area contributed by atoms with Gasteiger partial charge < -0.3 is 9.52 Å². The third kappa shape index (κ3) is 5.73. The molecule has 9 aromatic rings. The van der Waals surface area contributed by atoms with Crippen LogP contribution in [-0.2, 0) is 0 Å². The fraction of sp³-hybridized carbons (Fsp3) is 0.0213. The first-order chi connectivity index (χ1) is 25.1. The van der Waals surface area contributed by atoms with Gasteiger partial charge in [-0.05, 0) is 83.3 Å². The van der Waals surface area contributed by atoms with Crippen LogP contribution in [0.2, 0.25) is 0 Å². The normalized spacial score (nSPS) is 11.3. The summed E-state index contributed by atoms with van der Waals surface area (Å²) in [7, 11) is 0. The zero-order chi connectivity index (χ0) is 34.3. The van der Waals surface area contributed by atoms with Crippen LogP contribution >= 0.6 is 0 Å². The van der Waals surface area contributed by atoms with Crippen LogP contribution in [-0.4, -0.2) is 15.1 Å². The van der Waals surface area contributed by atoms with E-state index in [1.165, 1.54) is 0 Å². The first kappa shape index (κ1) is 30.3. The van der Waals surface area contributed by atoms with Gasteiger partial charge in [0.2, 0.25) is 0 Å². The number of nitrogens with zero attached hydrogens (tertiary/aromatic N) is 2. The van der Waals surface area contributed by atoms with E-state index in [0.29, 0.717) is 11.3 Å². The first-order valence-corrected chi connectivity index (χ1v) is 17.0. The number of phenolic OH excluding ortho intramolecular Hbond substituents is 1. The summed E-state index contributed by atoms with van der Waals surface area (Å²) in [5.74, 6) is 0.185. The largest absolute Gasteiger partial charge is 0.507 e. The van der Waals surface area contributed by atoms with Crippen molar-refractivity contribution in [3.05, 3.63) is 176 Å². The van der Waals surface area contributed by atoms with Crippen molar-refractivity contribution in [2.75, 3.05) is 0 Å². The number of aromatic nitrogens is 2. The number of rotatable bonds is 6. The minimum Gasteiger partial charge on any atom is -0.507 e. The summed E-state index contributed by atoms with van der Waals surface area (Å²) in [5.41, 5.74) is 13.8. The van der Waals surface area contributed by atoms with Crippen molar-refractivity contribution in [3.63, 3.8) is 0 Å². The lowest BCUT2D eigenvalue weighted by atomic mass is 9.96. The average Bonchev–Trinajstić information content (AvgIpc) is 3.57. The lowest BCUT2D eigenvalue weighted by molar-refractivity contribution is 0.477. The van der Waals surface area contributed by atoms with E-state index in [0.717, 1.165) is 83.5 Å². The third-order valence-electron chi connectivity index (χ3n) is 9.44. The number of para-hydroxylation sites is 2. The Kier molecular flexibility index (Phi) is 7.48. The predicted octanol–water partition coefficient (Wildman–Crippen LogP) is 12.4. The molecule has 0 spiro atoms. The number of aromatic hydroxyl groups is 1. The molecule has 1 N–H and O–H groups in total. The zero-order valence-electron chi connectivity index (χ0n) is 27.9. The molecule has 242 valence electrons. The smallest absolute Gasteiger partial charge is 0.143 e. The summed E-state index contributed by atoms with van der Waals surface area (Å²) < 4.78 is 6.39. The van der Waals surface area contributed by atoms with Crippen molar-refractivity contribution in [2.24, 2.45) is 0 Å². The van der Waals surface area contributed by atoms with Crippen LogP contribution in [0.5, 0.6) is 5.75 Å². The molecule has 0 aliphatic heterocycles. The van der Waals surface area contributed by atoms with Crippen LogP contribution in [0.25, 0.3) is 89.1 Å². The highest BCUT2D eigenvalue weighted by Crippen LogP contribution is 2.39. The molecule has 3 aromatic heterocycles. The predicted molar refractivity (Wildman–Crippen MR) is 208 cm³/mol. The summed E-state index contributed by atoms with van der Waals surface area (Å²) in [6.07, 6.45) is 0. The van der Waals surface area contributed by atoms with Crippen LogP contribution in [0.15, 0.2) is 174 Å². The number of pyridine rings is 2. The van der Waals surface area contributed by atoms with Gasteiger partial charge >= 0.3 is 0 Å². The molecule has 6 aromatic carbocycles. The third-order valence-corrected chi connectivity index (χ3v) is 9.44. The standard InChI is InChI=1S/C47H32N2O2/c1-30-24-37(38-19-11-20-40-39-18-8-9-21-46(39)51-47(38)40)28-42(48-30)34-16-10-17-35(25-34)43-26-36(32-14-6-3-7-15-32)27-44(49-43)41-23-22-33(29-45(41)50)31-12-4-2-5-13-31/h2-29,50H,1H3. The van der Waals surface area contributed by atoms with E-state index >= 15 is 0 Å². The van der Waals surface area contributed by atoms with Gasteiger partial charge in [-0.1, -0.05) is 121 Å². The van der Waals surface area contributed by atoms with E-state index in [-0.39, 0.29) is 5.75 Å². The Morgan fingerprint density at radius 1 is 0.412 bits per heavy atom. The van der Waals surface area contributed by atoms with E-state index in [2.05, 4.69) is 78.9 Å². The second kappa shape index (κ2) is 12.6. The molecule has 0 aliphatic carbocycles. The molecule has 0 atom stereocenters. The molecule has 0 bridgehead atoms. The Morgan fingerprint density at radius 2 is 1.02 bits per heavy atom. The summed E-state index contributed by atoms with van der Waals surface area (Å²) in [6.45, 7) is 2.03. The Balaban J connectivity index is 1.14. The summed E-state index contributed by atoms with van der Waals surface area (Å²) in [6, 6.07) is 57.4. The van der Waals surface area contributed by atoms with Gasteiger partial charge in [0.25, 0.3) is 0 Å². The molecule has 0 aliphatic rings. The molecular weight excluding hydrogens is 625 g/mol. The molecule has 4 nitrogen and oxygen atoms in total. The van der Waals surface area contributed by atoms with Gasteiger partial charge in [0.15, 0.2) is 0 Å². The van der Waals surface area contributed by atoms with Crippen molar-refractivity contribution in [1.82, 2.24) is 9.97 Å². The Labute approximate surface area is 296 Å². The van der Waals surface area contributed by atoms with Crippen molar-refractivity contribution in [3.8, 4) is 72.9 Å². The number of hydrogen-bond acceptors (Lipinski definition) is 4. The van der Waals surface area contributed by atoms with Gasteiger partial charge in [-0.2, -0.15) is 0 Å². The van der Waals surface area contributed by atoms with Crippen LogP contribution in [0.3, 0.4) is 0 Å². The summed E-state index contributed by atoms with van der Waals surface area (Å²) in [5, 5.41) is 13.5. The van der Waals surface area contributed by atoms with E-state index < -0.39 is 0 Å². The minimum absolute atomic E-state index is 0.185. The maximum Gasteiger partial charge on any atom is 0.143 e. The molecule has 0 saturated heterocycles. The highest BCUT2D eigenvalue weighted by molar-refractivity contribution is 6.09. The molecule has 4 heteroatoms. The number of phenols is 1. The SMILES string of the molecule is Cc1cc(-c2cccc3c2oc2ccccc23)cc(-c2cccc(-c3cc(-c4ccccc4)cc(-c4ccc(-c5ccccc5)cc4O)n3)c2)n1. The van der Waals surface area contributed by atoms with Gasteiger partial charge in [-0.15, -0.1) is 0 Å². The van der Waals surface area contributed by atoms with Gasteiger partial charge in [-0.25, -0.2) is 4.98 Å². The van der Waals surface area contributed by atoms with Gasteiger partial charge in [0.05, 0.1) is 17.1 Å². The van der Waals surface area contributed by atoms with E-state index in [1.807, 2.05) is 97.9 Å². The molecule has 0 amide bonds. The van der Waals surface area contributed by atoms with E-state index in [4.69, 9.17) is 14.4 Å². The first-order valence-electron chi connectivity index (χ1n) is 17.0. The van der Waals surface area contributed by atoms with E-state index in [1.54, 1.807) is 0 Å². The highest BCUT2D eigenvalue weighted by atomic mass is 16.3. The topological polar surface area (TPSA) is 59.2 Å². The molecule has 0 saturated carbocycles. The summed E-state index contributed by atoms with van der Waals surface area (Å²) >= 11 is 0. The minimum atomic E-state index is 0.185. The maximum atomic E-state index is 11.3. The molecule has 9 rings (SSSR count). The number of aryl methyl sites for hydroxylation is 1. The monoisotopic (exact) mass is 656 g/mol. The van der Waals surface area contributed by atoms with Crippen LogP contribution in [0, 0.1) is 6.92 Å². The fourth-order valence-corrected chi connectivity index (χ4v) is 6.96. The Bertz CT molecular complexity index is 2710. The Morgan fingerprint density at radius 3 is 1.78 bits per heavy atom. The van der Waals surface area contributed by atoms with Gasteiger partial charge in [0, 0.05) is 38.7 Å². The second-order valence-electron chi connectivity index (χ2n) is 12.8. The van der Waals surface area contributed by atoms with Crippen molar-refractivity contribution >= 4 is 21.9 Å². The number of fused-ring (bicyclic) bond motifs is 3. The average molecular weight is 657 g/mol. The quantitative estimate of drug-likeness (QED) is 0.193. The molecule has 0 radical (unpaired) electrons. The molecule has 0 fully saturated rings. The summed E-state index contributed by atoms with van der Waals surface area (Å²) in [4.78, 5) is 10.1. The number of furan rings is 1. The van der Waals surface area contributed by atoms with Crippen LogP contribution < -0.4 is 0 Å². The van der Waals surface area contributed by atoms with E-state index in [9.17, 15) is 5.11 Å². The maximum absolute atomic E-state index is 11.3. The number of hydrogen-bond donors (Lipinski definition) is 1. The highest BCUT2D eigenvalue weighted by Gasteiger charge is 2.16. The van der Waals surface area contributed by atoms with Crippen molar-refractivity contribution < 1.29 is 9.52 Å². The Hall–Kier alpha value is -6.78. The lowest BCUT2D eigenvalue weighted by Gasteiger charge is -2.13.